The van der Waals surface area contributed by atoms with Crippen molar-refractivity contribution in [1.82, 2.24) is 4.98 Å². The van der Waals surface area contributed by atoms with E-state index >= 15 is 0 Å². The third-order valence-corrected chi connectivity index (χ3v) is 4.81. The van der Waals surface area contributed by atoms with E-state index in [9.17, 15) is 4.79 Å². The lowest BCUT2D eigenvalue weighted by molar-refractivity contribution is -0.120. The number of amides is 1. The van der Waals surface area contributed by atoms with Gasteiger partial charge in [-0.15, -0.1) is 0 Å². The summed E-state index contributed by atoms with van der Waals surface area (Å²) in [5, 5.41) is 2.93. The maximum absolute atomic E-state index is 12.5. The fourth-order valence-electron chi connectivity index (χ4n) is 3.24. The van der Waals surface area contributed by atoms with Gasteiger partial charge in [0.15, 0.2) is 0 Å². The lowest BCUT2D eigenvalue weighted by Crippen LogP contribution is -2.35. The summed E-state index contributed by atoms with van der Waals surface area (Å²) in [4.78, 5) is 16.7. The molecule has 1 spiro atoms. The maximum Gasteiger partial charge on any atom is 0.237 e. The Morgan fingerprint density at radius 2 is 2.05 bits per heavy atom. The first-order chi connectivity index (χ1) is 9.19. The number of halogens is 1. The molecule has 1 aliphatic carbocycles. The van der Waals surface area contributed by atoms with Gasteiger partial charge in [-0.25, -0.2) is 4.98 Å². The Balaban J connectivity index is 1.88. The van der Waals surface area contributed by atoms with Crippen LogP contribution in [0, 0.1) is 3.57 Å². The number of anilines is 1. The number of nitrogens with one attached hydrogen (secondary N) is 1. The highest BCUT2D eigenvalue weighted by Crippen LogP contribution is 2.46. The van der Waals surface area contributed by atoms with E-state index in [0.29, 0.717) is 0 Å². The van der Waals surface area contributed by atoms with Crippen LogP contribution < -0.4 is 5.32 Å². The minimum absolute atomic E-state index is 0.0902. The summed E-state index contributed by atoms with van der Waals surface area (Å²) >= 11 is 2.32. The van der Waals surface area contributed by atoms with Crippen LogP contribution in [0.2, 0.25) is 0 Å². The zero-order valence-electron chi connectivity index (χ0n) is 10.1. The number of carbonyl (C=O) groups is 1. The molecular weight excluding hydrogens is 351 g/mol. The third-order valence-electron chi connectivity index (χ3n) is 4.14. The van der Waals surface area contributed by atoms with E-state index in [4.69, 9.17) is 0 Å². The first-order valence-electron chi connectivity index (χ1n) is 6.23. The average molecular weight is 362 g/mol. The van der Waals surface area contributed by atoms with Gasteiger partial charge in [0.2, 0.25) is 5.91 Å². The van der Waals surface area contributed by atoms with Crippen LogP contribution in [0.3, 0.4) is 0 Å². The molecule has 4 heteroatoms. The average Bonchev–Trinajstić information content (AvgIpc) is 2.90. The lowest BCUT2D eigenvalue weighted by atomic mass is 9.79. The van der Waals surface area contributed by atoms with Crippen LogP contribution in [-0.2, 0) is 23.1 Å². The van der Waals surface area contributed by atoms with Crippen LogP contribution in [0.15, 0.2) is 36.5 Å². The number of hydrogen-bond donors (Lipinski definition) is 1. The highest BCUT2D eigenvalue weighted by molar-refractivity contribution is 14.1. The van der Waals surface area contributed by atoms with Crippen molar-refractivity contribution in [3.05, 3.63) is 56.8 Å². The van der Waals surface area contributed by atoms with E-state index < -0.39 is 5.41 Å². The zero-order chi connectivity index (χ0) is 13.0. The number of rotatable bonds is 0. The summed E-state index contributed by atoms with van der Waals surface area (Å²) < 4.78 is 1.22. The van der Waals surface area contributed by atoms with Gasteiger partial charge in [-0.1, -0.05) is 12.1 Å². The van der Waals surface area contributed by atoms with Gasteiger partial charge in [0.1, 0.15) is 5.82 Å². The molecule has 1 aromatic carbocycles. The van der Waals surface area contributed by atoms with E-state index in [-0.39, 0.29) is 5.91 Å². The summed E-state index contributed by atoms with van der Waals surface area (Å²) in [7, 11) is 0. The van der Waals surface area contributed by atoms with Gasteiger partial charge in [0.25, 0.3) is 0 Å². The number of nitrogens with zero attached hydrogens (tertiary/aromatic N) is 1. The molecule has 0 fully saturated rings. The highest BCUT2D eigenvalue weighted by Gasteiger charge is 2.50. The molecule has 1 amide bonds. The van der Waals surface area contributed by atoms with E-state index in [1.165, 1.54) is 14.7 Å². The summed E-state index contributed by atoms with van der Waals surface area (Å²) in [6.07, 6.45) is 3.29. The first-order valence-corrected chi connectivity index (χ1v) is 7.31. The standard InChI is InChI=1S/C15H11IN2O/c16-11-4-3-9-7-15(8-10(9)6-11)12-2-1-5-17-13(12)18-14(15)19/h1-6H,7-8H2,(H,17,18,19)/t15-/m0/s1. The Morgan fingerprint density at radius 1 is 1.21 bits per heavy atom. The summed E-state index contributed by atoms with van der Waals surface area (Å²) in [6, 6.07) is 10.4. The molecule has 1 aliphatic heterocycles. The van der Waals surface area contributed by atoms with Crippen LogP contribution in [0.5, 0.6) is 0 Å². The van der Waals surface area contributed by atoms with Gasteiger partial charge < -0.3 is 5.32 Å². The Morgan fingerprint density at radius 3 is 2.95 bits per heavy atom. The summed E-state index contributed by atoms with van der Waals surface area (Å²) in [5.74, 6) is 0.822. The molecule has 1 N–H and O–H groups in total. The Labute approximate surface area is 124 Å². The number of fused-ring (bicyclic) bond motifs is 3. The Hall–Kier alpha value is -1.43. The van der Waals surface area contributed by atoms with Crippen LogP contribution >= 0.6 is 22.6 Å². The Bertz CT molecular complexity index is 713. The van der Waals surface area contributed by atoms with Crippen molar-refractivity contribution in [2.75, 3.05) is 5.32 Å². The van der Waals surface area contributed by atoms with Crippen molar-refractivity contribution in [1.29, 1.82) is 0 Å². The summed E-state index contributed by atoms with van der Waals surface area (Å²) in [6.45, 7) is 0. The molecular formula is C15H11IN2O. The smallest absolute Gasteiger partial charge is 0.237 e. The largest absolute Gasteiger partial charge is 0.310 e. The molecule has 1 aromatic heterocycles. The van der Waals surface area contributed by atoms with Crippen LogP contribution in [0.4, 0.5) is 5.82 Å². The van der Waals surface area contributed by atoms with Gasteiger partial charge in [-0.2, -0.15) is 0 Å². The molecule has 0 saturated carbocycles. The normalized spacial score (nSPS) is 23.3. The molecule has 4 rings (SSSR count). The molecule has 19 heavy (non-hydrogen) atoms. The van der Waals surface area contributed by atoms with Crippen molar-refractivity contribution in [3.8, 4) is 0 Å². The van der Waals surface area contributed by atoms with Gasteiger partial charge in [0.05, 0.1) is 5.41 Å². The van der Waals surface area contributed by atoms with Crippen molar-refractivity contribution in [3.63, 3.8) is 0 Å². The number of pyridine rings is 1. The van der Waals surface area contributed by atoms with E-state index in [2.05, 4.69) is 51.1 Å². The predicted octanol–water partition coefficient (Wildman–Crippen LogP) is 2.67. The van der Waals surface area contributed by atoms with E-state index in [0.717, 1.165) is 24.2 Å². The second-order valence-corrected chi connectivity index (χ2v) is 6.45. The third kappa shape index (κ3) is 1.49. The number of aromatic nitrogens is 1. The molecule has 0 bridgehead atoms. The van der Waals surface area contributed by atoms with Gasteiger partial charge in [0, 0.05) is 15.3 Å². The molecule has 1 atom stereocenters. The minimum Gasteiger partial charge on any atom is -0.310 e. The van der Waals surface area contributed by atoms with Crippen molar-refractivity contribution in [2.45, 2.75) is 18.3 Å². The fourth-order valence-corrected chi connectivity index (χ4v) is 3.79. The fraction of sp³-hybridized carbons (Fsp3) is 0.200. The molecule has 0 unspecified atom stereocenters. The zero-order valence-corrected chi connectivity index (χ0v) is 12.3. The van der Waals surface area contributed by atoms with Gasteiger partial charge in [-0.3, -0.25) is 4.79 Å². The van der Waals surface area contributed by atoms with E-state index in [1.54, 1.807) is 6.20 Å². The molecule has 2 aliphatic rings. The first kappa shape index (κ1) is 11.4. The van der Waals surface area contributed by atoms with Crippen molar-refractivity contribution < 1.29 is 4.79 Å². The van der Waals surface area contributed by atoms with E-state index in [1.807, 2.05) is 12.1 Å². The molecule has 94 valence electrons. The molecule has 0 saturated heterocycles. The Kier molecular flexibility index (Phi) is 2.27. The highest BCUT2D eigenvalue weighted by atomic mass is 127. The van der Waals surface area contributed by atoms with Gasteiger partial charge >= 0.3 is 0 Å². The predicted molar refractivity (Wildman–Crippen MR) is 81.1 cm³/mol. The molecule has 2 aromatic rings. The van der Waals surface area contributed by atoms with Crippen LogP contribution in [0.1, 0.15) is 16.7 Å². The summed E-state index contributed by atoms with van der Waals surface area (Å²) in [5.41, 5.74) is 3.19. The quantitative estimate of drug-likeness (QED) is 0.733. The second kappa shape index (κ2) is 3.79. The van der Waals surface area contributed by atoms with Gasteiger partial charge in [-0.05, 0) is 64.8 Å². The van der Waals surface area contributed by atoms with Crippen LogP contribution in [0.25, 0.3) is 0 Å². The maximum atomic E-state index is 12.5. The number of carbonyl (C=O) groups excluding carboxylic acids is 1. The molecule has 2 heterocycles. The lowest BCUT2D eigenvalue weighted by Gasteiger charge is -2.20. The van der Waals surface area contributed by atoms with Crippen molar-refractivity contribution >= 4 is 34.3 Å². The topological polar surface area (TPSA) is 42.0 Å². The number of hydrogen-bond acceptors (Lipinski definition) is 2. The van der Waals surface area contributed by atoms with Crippen LogP contribution in [-0.4, -0.2) is 10.9 Å². The SMILES string of the molecule is O=C1Nc2ncccc2[C@@]12Cc1ccc(I)cc1C2. The number of benzene rings is 1. The minimum atomic E-state index is -0.434. The van der Waals surface area contributed by atoms with Crippen molar-refractivity contribution in [2.24, 2.45) is 0 Å². The molecule has 0 radical (unpaired) electrons. The second-order valence-electron chi connectivity index (χ2n) is 5.20. The monoisotopic (exact) mass is 362 g/mol. The molecule has 3 nitrogen and oxygen atoms in total.